The summed E-state index contributed by atoms with van der Waals surface area (Å²) in [5, 5.41) is 14.0. The molecule has 88 valence electrons. The summed E-state index contributed by atoms with van der Waals surface area (Å²) in [5.74, 6) is 0. The lowest BCUT2D eigenvalue weighted by Gasteiger charge is -2.28. The van der Waals surface area contributed by atoms with Gasteiger partial charge in [0.1, 0.15) is 0 Å². The second-order valence-electron chi connectivity index (χ2n) is 4.47. The van der Waals surface area contributed by atoms with Gasteiger partial charge in [0.15, 0.2) is 0 Å². The summed E-state index contributed by atoms with van der Waals surface area (Å²) >= 11 is 5.92. The van der Waals surface area contributed by atoms with Gasteiger partial charge in [-0.3, -0.25) is 0 Å². The van der Waals surface area contributed by atoms with Crippen molar-refractivity contribution in [3.05, 3.63) is 34.9 Å². The molecule has 1 fully saturated rings. The van der Waals surface area contributed by atoms with Crippen LogP contribution in [-0.4, -0.2) is 17.3 Å². The number of nitrogens with one attached hydrogen (secondary N) is 1. The third kappa shape index (κ3) is 3.21. The minimum Gasteiger partial charge on any atom is -0.392 e. The second-order valence-corrected chi connectivity index (χ2v) is 4.91. The van der Waals surface area contributed by atoms with Crippen molar-refractivity contribution in [1.29, 1.82) is 0 Å². The van der Waals surface area contributed by atoms with Crippen LogP contribution in [0.5, 0.6) is 0 Å². The molecule has 2 N–H and O–H groups in total. The molecule has 3 heteroatoms. The Balaban J connectivity index is 1.86. The van der Waals surface area contributed by atoms with E-state index in [1.54, 1.807) is 0 Å². The lowest BCUT2D eigenvalue weighted by atomic mass is 9.92. The minimum atomic E-state index is -0.187. The zero-order valence-electron chi connectivity index (χ0n) is 9.32. The molecule has 0 bridgehead atoms. The number of aliphatic hydroxyl groups excluding tert-OH is 1. The van der Waals surface area contributed by atoms with Crippen LogP contribution in [0.15, 0.2) is 24.3 Å². The van der Waals surface area contributed by atoms with Gasteiger partial charge in [-0.15, -0.1) is 0 Å². The molecule has 16 heavy (non-hydrogen) atoms. The molecule has 1 aromatic rings. The Morgan fingerprint density at radius 2 is 2.12 bits per heavy atom. The van der Waals surface area contributed by atoms with E-state index < -0.39 is 0 Å². The van der Waals surface area contributed by atoms with Gasteiger partial charge in [-0.25, -0.2) is 0 Å². The van der Waals surface area contributed by atoms with E-state index in [0.717, 1.165) is 30.8 Å². The van der Waals surface area contributed by atoms with Crippen LogP contribution in [0.1, 0.15) is 31.2 Å². The summed E-state index contributed by atoms with van der Waals surface area (Å²) in [5.41, 5.74) is 1.17. The summed E-state index contributed by atoms with van der Waals surface area (Å²) in [6.45, 7) is 0.780. The summed E-state index contributed by atoms with van der Waals surface area (Å²) in [4.78, 5) is 0. The maximum Gasteiger partial charge on any atom is 0.0693 e. The van der Waals surface area contributed by atoms with Gasteiger partial charge in [0.05, 0.1) is 6.10 Å². The minimum absolute atomic E-state index is 0.187. The van der Waals surface area contributed by atoms with Gasteiger partial charge >= 0.3 is 0 Å². The highest BCUT2D eigenvalue weighted by atomic mass is 35.5. The van der Waals surface area contributed by atoms with E-state index in [1.807, 2.05) is 24.3 Å². The number of hydrogen-bond donors (Lipinski definition) is 2. The Kier molecular flexibility index (Phi) is 4.22. The van der Waals surface area contributed by atoms with Crippen LogP contribution in [0.2, 0.25) is 5.02 Å². The quantitative estimate of drug-likeness (QED) is 0.850. The van der Waals surface area contributed by atoms with Gasteiger partial charge < -0.3 is 10.4 Å². The van der Waals surface area contributed by atoms with Crippen LogP contribution in [0, 0.1) is 0 Å². The molecule has 2 nitrogen and oxygen atoms in total. The zero-order valence-corrected chi connectivity index (χ0v) is 10.1. The molecule has 0 aromatic heterocycles. The third-order valence-corrected chi connectivity index (χ3v) is 3.42. The smallest absolute Gasteiger partial charge is 0.0693 e. The Labute approximate surface area is 102 Å². The van der Waals surface area contributed by atoms with Crippen molar-refractivity contribution >= 4 is 11.6 Å². The standard InChI is InChI=1S/C13H18ClNO/c14-11-5-3-4-10(8-11)9-15-12-6-1-2-7-13(12)16/h3-5,8,12-13,15-16H,1-2,6-7,9H2/t12-,13-/m0/s1. The van der Waals surface area contributed by atoms with E-state index in [2.05, 4.69) is 5.32 Å². The van der Waals surface area contributed by atoms with Crippen LogP contribution >= 0.6 is 11.6 Å². The molecule has 1 aliphatic carbocycles. The topological polar surface area (TPSA) is 32.3 Å². The number of halogens is 1. The predicted octanol–water partition coefficient (Wildman–Crippen LogP) is 2.73. The number of rotatable bonds is 3. The van der Waals surface area contributed by atoms with Crippen molar-refractivity contribution in [2.75, 3.05) is 0 Å². The molecule has 2 atom stereocenters. The van der Waals surface area contributed by atoms with Gasteiger partial charge in [-0.2, -0.15) is 0 Å². The lowest BCUT2D eigenvalue weighted by molar-refractivity contribution is 0.0902. The van der Waals surface area contributed by atoms with Crippen LogP contribution in [0.4, 0.5) is 0 Å². The van der Waals surface area contributed by atoms with Crippen LogP contribution in [-0.2, 0) is 6.54 Å². The molecule has 0 spiro atoms. The monoisotopic (exact) mass is 239 g/mol. The Morgan fingerprint density at radius 3 is 2.88 bits per heavy atom. The van der Waals surface area contributed by atoms with Gasteiger partial charge in [-0.1, -0.05) is 36.6 Å². The van der Waals surface area contributed by atoms with Crippen molar-refractivity contribution in [2.24, 2.45) is 0 Å². The number of hydrogen-bond acceptors (Lipinski definition) is 2. The van der Waals surface area contributed by atoms with E-state index in [4.69, 9.17) is 11.6 Å². The Morgan fingerprint density at radius 1 is 1.31 bits per heavy atom. The molecule has 0 aliphatic heterocycles. The van der Waals surface area contributed by atoms with E-state index >= 15 is 0 Å². The maximum absolute atomic E-state index is 9.81. The van der Waals surface area contributed by atoms with E-state index in [-0.39, 0.29) is 12.1 Å². The molecule has 0 saturated heterocycles. The van der Waals surface area contributed by atoms with Crippen molar-refractivity contribution in [3.8, 4) is 0 Å². The van der Waals surface area contributed by atoms with Crippen molar-refractivity contribution in [2.45, 2.75) is 44.4 Å². The van der Waals surface area contributed by atoms with Gasteiger partial charge in [0.2, 0.25) is 0 Å². The fourth-order valence-corrected chi connectivity index (χ4v) is 2.46. The van der Waals surface area contributed by atoms with E-state index in [9.17, 15) is 5.11 Å². The molecule has 2 rings (SSSR count). The van der Waals surface area contributed by atoms with Gasteiger partial charge in [0.25, 0.3) is 0 Å². The predicted molar refractivity (Wildman–Crippen MR) is 66.6 cm³/mol. The summed E-state index contributed by atoms with van der Waals surface area (Å²) < 4.78 is 0. The molecule has 1 aromatic carbocycles. The van der Waals surface area contributed by atoms with Gasteiger partial charge in [-0.05, 0) is 30.5 Å². The highest BCUT2D eigenvalue weighted by molar-refractivity contribution is 6.30. The summed E-state index contributed by atoms with van der Waals surface area (Å²) in [7, 11) is 0. The first-order chi connectivity index (χ1) is 7.75. The second kappa shape index (κ2) is 5.67. The Bertz CT molecular complexity index is 342. The number of aliphatic hydroxyl groups is 1. The van der Waals surface area contributed by atoms with E-state index in [1.165, 1.54) is 12.0 Å². The normalized spacial score (nSPS) is 25.6. The molecular formula is C13H18ClNO. The average Bonchev–Trinajstić information content (AvgIpc) is 2.28. The fraction of sp³-hybridized carbons (Fsp3) is 0.538. The van der Waals surface area contributed by atoms with Crippen LogP contribution in [0.3, 0.4) is 0 Å². The first kappa shape index (κ1) is 11.9. The SMILES string of the molecule is O[C@H]1CCCC[C@@H]1NCc1cccc(Cl)c1. The summed E-state index contributed by atoms with van der Waals surface area (Å²) in [6, 6.07) is 8.09. The lowest BCUT2D eigenvalue weighted by Crippen LogP contribution is -2.41. The largest absolute Gasteiger partial charge is 0.392 e. The van der Waals surface area contributed by atoms with Crippen LogP contribution in [0.25, 0.3) is 0 Å². The molecule has 1 aliphatic rings. The first-order valence-corrected chi connectivity index (χ1v) is 6.29. The van der Waals surface area contributed by atoms with Crippen molar-refractivity contribution in [1.82, 2.24) is 5.32 Å². The van der Waals surface area contributed by atoms with Crippen LogP contribution < -0.4 is 5.32 Å². The molecular weight excluding hydrogens is 222 g/mol. The molecule has 1 saturated carbocycles. The summed E-state index contributed by atoms with van der Waals surface area (Å²) in [6.07, 6.45) is 4.17. The maximum atomic E-state index is 9.81. The molecule has 0 radical (unpaired) electrons. The molecule has 0 heterocycles. The highest BCUT2D eigenvalue weighted by Crippen LogP contribution is 2.19. The molecule has 0 unspecified atom stereocenters. The third-order valence-electron chi connectivity index (χ3n) is 3.19. The number of benzene rings is 1. The zero-order chi connectivity index (χ0) is 11.4. The fourth-order valence-electron chi connectivity index (χ4n) is 2.25. The van der Waals surface area contributed by atoms with E-state index in [0.29, 0.717) is 0 Å². The average molecular weight is 240 g/mol. The van der Waals surface area contributed by atoms with Crippen molar-refractivity contribution < 1.29 is 5.11 Å². The van der Waals surface area contributed by atoms with Gasteiger partial charge in [0, 0.05) is 17.6 Å². The van der Waals surface area contributed by atoms with Crippen molar-refractivity contribution in [3.63, 3.8) is 0 Å². The first-order valence-electron chi connectivity index (χ1n) is 5.91. The molecule has 0 amide bonds. The highest BCUT2D eigenvalue weighted by Gasteiger charge is 2.21. The Hall–Kier alpha value is -0.570.